The van der Waals surface area contributed by atoms with E-state index in [1.807, 2.05) is 25.1 Å². The second-order valence-corrected chi connectivity index (χ2v) is 5.83. The zero-order valence-corrected chi connectivity index (χ0v) is 13.2. The molecule has 0 aromatic carbocycles. The maximum Gasteiger partial charge on any atom is 0.216 e. The van der Waals surface area contributed by atoms with Gasteiger partial charge in [0.1, 0.15) is 18.0 Å². The fourth-order valence-corrected chi connectivity index (χ4v) is 2.66. The van der Waals surface area contributed by atoms with Crippen molar-refractivity contribution >= 4 is 17.5 Å². The Morgan fingerprint density at radius 1 is 1.38 bits per heavy atom. The van der Waals surface area contributed by atoms with Crippen molar-refractivity contribution in [3.63, 3.8) is 0 Å². The molecule has 6 nitrogen and oxygen atoms in total. The smallest absolute Gasteiger partial charge is 0.216 e. The highest BCUT2D eigenvalue weighted by Gasteiger charge is 2.20. The average molecular weight is 291 g/mol. The maximum atomic E-state index is 10.9. The minimum Gasteiger partial charge on any atom is -0.363 e. The molecule has 1 saturated heterocycles. The van der Waals surface area contributed by atoms with Gasteiger partial charge in [-0.25, -0.2) is 9.97 Å². The van der Waals surface area contributed by atoms with Gasteiger partial charge in [-0.1, -0.05) is 0 Å². The Morgan fingerprint density at radius 3 is 2.71 bits per heavy atom. The highest BCUT2D eigenvalue weighted by Crippen LogP contribution is 2.24. The lowest BCUT2D eigenvalue weighted by Gasteiger charge is -2.33. The van der Waals surface area contributed by atoms with Crippen LogP contribution in [0.4, 0.5) is 11.6 Å². The van der Waals surface area contributed by atoms with E-state index in [0.29, 0.717) is 5.92 Å². The zero-order chi connectivity index (χ0) is 15.2. The number of aromatic nitrogens is 2. The van der Waals surface area contributed by atoms with Crippen LogP contribution in [-0.4, -0.2) is 49.6 Å². The van der Waals surface area contributed by atoms with E-state index >= 15 is 0 Å². The average Bonchev–Trinajstić information content (AvgIpc) is 2.48. The van der Waals surface area contributed by atoms with Gasteiger partial charge < -0.3 is 15.1 Å². The standard InChI is InChI=1S/C15H25N5O/c1-12(21)16-7-4-13-5-8-20(9-6-13)15-10-14(19(2)3)17-11-18-15/h10-11,13H,4-9H2,1-3H3,(H,16,21). The van der Waals surface area contributed by atoms with Gasteiger partial charge >= 0.3 is 0 Å². The van der Waals surface area contributed by atoms with E-state index in [9.17, 15) is 4.79 Å². The third kappa shape index (κ3) is 4.58. The van der Waals surface area contributed by atoms with Gasteiger partial charge in [0.25, 0.3) is 0 Å². The number of amides is 1. The van der Waals surface area contributed by atoms with Gasteiger partial charge in [0.15, 0.2) is 0 Å². The molecule has 1 N–H and O–H groups in total. The summed E-state index contributed by atoms with van der Waals surface area (Å²) >= 11 is 0. The lowest BCUT2D eigenvalue weighted by atomic mass is 9.93. The Kier molecular flexibility index (Phi) is 5.36. The van der Waals surface area contributed by atoms with Crippen LogP contribution in [0.1, 0.15) is 26.2 Å². The van der Waals surface area contributed by atoms with Gasteiger partial charge in [0, 0.05) is 46.7 Å². The Balaban J connectivity index is 1.83. The third-order valence-corrected chi connectivity index (χ3v) is 3.96. The molecular formula is C15H25N5O. The first-order valence-electron chi connectivity index (χ1n) is 7.55. The van der Waals surface area contributed by atoms with Crippen LogP contribution in [0.5, 0.6) is 0 Å². The fourth-order valence-electron chi connectivity index (χ4n) is 2.66. The van der Waals surface area contributed by atoms with E-state index in [1.165, 1.54) is 0 Å². The molecule has 0 unspecified atom stereocenters. The van der Waals surface area contributed by atoms with Crippen LogP contribution < -0.4 is 15.1 Å². The molecule has 1 amide bonds. The van der Waals surface area contributed by atoms with Crippen LogP contribution >= 0.6 is 0 Å². The summed E-state index contributed by atoms with van der Waals surface area (Å²) in [4.78, 5) is 23.8. The molecule has 0 bridgehead atoms. The molecule has 6 heteroatoms. The molecule has 0 aliphatic carbocycles. The predicted octanol–water partition coefficient (Wildman–Crippen LogP) is 1.29. The topological polar surface area (TPSA) is 61.4 Å². The number of carbonyl (C=O) groups is 1. The summed E-state index contributed by atoms with van der Waals surface area (Å²) in [6, 6.07) is 2.04. The molecule has 0 spiro atoms. The quantitative estimate of drug-likeness (QED) is 0.885. The fraction of sp³-hybridized carbons (Fsp3) is 0.667. The molecule has 1 aliphatic rings. The number of carbonyl (C=O) groups excluding carboxylic acids is 1. The predicted molar refractivity (Wildman–Crippen MR) is 84.6 cm³/mol. The van der Waals surface area contributed by atoms with Crippen LogP contribution in [-0.2, 0) is 4.79 Å². The Hall–Kier alpha value is -1.85. The third-order valence-electron chi connectivity index (χ3n) is 3.96. The molecule has 21 heavy (non-hydrogen) atoms. The Labute approximate surface area is 126 Å². The highest BCUT2D eigenvalue weighted by molar-refractivity contribution is 5.72. The number of hydrogen-bond donors (Lipinski definition) is 1. The van der Waals surface area contributed by atoms with E-state index < -0.39 is 0 Å². The first-order valence-corrected chi connectivity index (χ1v) is 7.55. The monoisotopic (exact) mass is 291 g/mol. The summed E-state index contributed by atoms with van der Waals surface area (Å²) < 4.78 is 0. The van der Waals surface area contributed by atoms with E-state index in [2.05, 4.69) is 20.2 Å². The van der Waals surface area contributed by atoms with Crippen molar-refractivity contribution in [2.75, 3.05) is 43.5 Å². The largest absolute Gasteiger partial charge is 0.363 e. The van der Waals surface area contributed by atoms with Crippen LogP contribution in [0.2, 0.25) is 0 Å². The Bertz CT molecular complexity index is 469. The van der Waals surface area contributed by atoms with Crippen molar-refractivity contribution in [3.8, 4) is 0 Å². The van der Waals surface area contributed by atoms with E-state index in [-0.39, 0.29) is 5.91 Å². The van der Waals surface area contributed by atoms with Crippen molar-refractivity contribution in [1.29, 1.82) is 0 Å². The van der Waals surface area contributed by atoms with Crippen molar-refractivity contribution in [2.45, 2.75) is 26.2 Å². The van der Waals surface area contributed by atoms with E-state index in [4.69, 9.17) is 0 Å². The minimum atomic E-state index is 0.0598. The van der Waals surface area contributed by atoms with E-state index in [1.54, 1.807) is 13.3 Å². The molecule has 116 valence electrons. The molecular weight excluding hydrogens is 266 g/mol. The molecule has 2 heterocycles. The number of nitrogens with zero attached hydrogens (tertiary/aromatic N) is 4. The van der Waals surface area contributed by atoms with Crippen LogP contribution in [0.3, 0.4) is 0 Å². The number of nitrogens with one attached hydrogen (secondary N) is 1. The highest BCUT2D eigenvalue weighted by atomic mass is 16.1. The molecule has 1 aromatic heterocycles. The number of anilines is 2. The lowest BCUT2D eigenvalue weighted by Crippen LogP contribution is -2.35. The van der Waals surface area contributed by atoms with Gasteiger partial charge in [-0.15, -0.1) is 0 Å². The molecule has 1 aromatic rings. The van der Waals surface area contributed by atoms with Gasteiger partial charge in [-0.3, -0.25) is 4.79 Å². The Morgan fingerprint density at radius 2 is 2.10 bits per heavy atom. The van der Waals surface area contributed by atoms with Crippen LogP contribution in [0.15, 0.2) is 12.4 Å². The summed E-state index contributed by atoms with van der Waals surface area (Å²) in [5.74, 6) is 2.70. The zero-order valence-electron chi connectivity index (χ0n) is 13.2. The van der Waals surface area contributed by atoms with Crippen molar-refractivity contribution in [3.05, 3.63) is 12.4 Å². The van der Waals surface area contributed by atoms with Crippen molar-refractivity contribution in [1.82, 2.24) is 15.3 Å². The van der Waals surface area contributed by atoms with Gasteiger partial charge in [-0.05, 0) is 25.2 Å². The SMILES string of the molecule is CC(=O)NCCC1CCN(c2cc(N(C)C)ncn2)CC1. The van der Waals surface area contributed by atoms with Crippen molar-refractivity contribution in [2.24, 2.45) is 5.92 Å². The van der Waals surface area contributed by atoms with Crippen LogP contribution in [0, 0.1) is 5.92 Å². The van der Waals surface area contributed by atoms with Gasteiger partial charge in [0.05, 0.1) is 0 Å². The summed E-state index contributed by atoms with van der Waals surface area (Å²) in [6.45, 7) is 4.40. The molecule has 0 radical (unpaired) electrons. The summed E-state index contributed by atoms with van der Waals surface area (Å²) in [5.41, 5.74) is 0. The first kappa shape index (κ1) is 15.5. The number of piperidine rings is 1. The van der Waals surface area contributed by atoms with Crippen LogP contribution in [0.25, 0.3) is 0 Å². The molecule has 1 fully saturated rings. The normalized spacial score (nSPS) is 15.9. The molecule has 0 atom stereocenters. The molecule has 1 aliphatic heterocycles. The number of hydrogen-bond acceptors (Lipinski definition) is 5. The van der Waals surface area contributed by atoms with Gasteiger partial charge in [-0.2, -0.15) is 0 Å². The number of rotatable bonds is 5. The maximum absolute atomic E-state index is 10.9. The lowest BCUT2D eigenvalue weighted by molar-refractivity contribution is -0.119. The minimum absolute atomic E-state index is 0.0598. The first-order chi connectivity index (χ1) is 10.1. The molecule has 2 rings (SSSR count). The summed E-state index contributed by atoms with van der Waals surface area (Å²) in [5, 5.41) is 2.88. The van der Waals surface area contributed by atoms with Gasteiger partial charge in [0.2, 0.25) is 5.91 Å². The van der Waals surface area contributed by atoms with Crippen molar-refractivity contribution < 1.29 is 4.79 Å². The molecule has 0 saturated carbocycles. The van der Waals surface area contributed by atoms with E-state index in [0.717, 1.165) is 50.5 Å². The second-order valence-electron chi connectivity index (χ2n) is 5.83. The summed E-state index contributed by atoms with van der Waals surface area (Å²) in [6.07, 6.45) is 5.01. The summed E-state index contributed by atoms with van der Waals surface area (Å²) in [7, 11) is 3.97. The second kappa shape index (κ2) is 7.24.